The van der Waals surface area contributed by atoms with Crippen LogP contribution in [0.25, 0.3) is 11.0 Å². The zero-order chi connectivity index (χ0) is 9.26. The maximum atomic E-state index is 5.13. The van der Waals surface area contributed by atoms with Crippen molar-refractivity contribution in [1.82, 2.24) is 9.97 Å². The molecular formula is C9H8N2S2. The second-order valence-corrected chi connectivity index (χ2v) is 4.08. The third-order valence-electron chi connectivity index (χ3n) is 1.77. The first-order valence-corrected chi connectivity index (χ1v) is 5.47. The lowest BCUT2D eigenvalue weighted by Gasteiger charge is -1.90. The van der Waals surface area contributed by atoms with Crippen LogP contribution in [0.1, 0.15) is 5.82 Å². The molecule has 0 fully saturated rings. The topological polar surface area (TPSA) is 28.7 Å². The van der Waals surface area contributed by atoms with E-state index >= 15 is 0 Å². The number of nitrogens with zero attached hydrogens (tertiary/aromatic N) is 1. The molecule has 2 aromatic rings. The Morgan fingerprint density at radius 3 is 2.92 bits per heavy atom. The summed E-state index contributed by atoms with van der Waals surface area (Å²) in [7, 11) is 0. The zero-order valence-electron chi connectivity index (χ0n) is 7.07. The van der Waals surface area contributed by atoms with E-state index in [1.54, 1.807) is 0 Å². The fraction of sp³-hybridized carbons (Fsp3) is 0.111. The van der Waals surface area contributed by atoms with Crippen LogP contribution in [0.5, 0.6) is 0 Å². The molecule has 0 aliphatic heterocycles. The first-order valence-electron chi connectivity index (χ1n) is 3.84. The Hall–Kier alpha value is -0.870. The molecule has 1 N–H and O–H groups in total. The van der Waals surface area contributed by atoms with Gasteiger partial charge in [-0.2, -0.15) is 0 Å². The second kappa shape index (κ2) is 3.47. The Labute approximate surface area is 85.8 Å². The van der Waals surface area contributed by atoms with Gasteiger partial charge in [0.1, 0.15) is 4.20 Å². The maximum absolute atomic E-state index is 5.13. The van der Waals surface area contributed by atoms with E-state index in [-0.39, 0.29) is 0 Å². The van der Waals surface area contributed by atoms with Gasteiger partial charge in [-0.15, -0.1) is 11.8 Å². The molecule has 4 heteroatoms. The number of aromatic amines is 1. The number of aromatic nitrogens is 2. The van der Waals surface area contributed by atoms with Gasteiger partial charge in [0.25, 0.3) is 0 Å². The number of hydrogen-bond acceptors (Lipinski definition) is 3. The largest absolute Gasteiger partial charge is 0.337 e. The van der Waals surface area contributed by atoms with Gasteiger partial charge in [0.2, 0.25) is 0 Å². The highest BCUT2D eigenvalue weighted by atomic mass is 32.2. The maximum Gasteiger partial charge on any atom is 0.155 e. The van der Waals surface area contributed by atoms with E-state index in [0.717, 1.165) is 21.1 Å². The summed E-state index contributed by atoms with van der Waals surface area (Å²) in [5.41, 5.74) is 2.00. The van der Waals surface area contributed by atoms with Gasteiger partial charge in [0.05, 0.1) is 11.0 Å². The second-order valence-electron chi connectivity index (χ2n) is 2.59. The number of hydrogen-bond donors (Lipinski definition) is 1. The minimum Gasteiger partial charge on any atom is -0.337 e. The molecule has 0 radical (unpaired) electrons. The fourth-order valence-corrected chi connectivity index (χ4v) is 1.53. The third-order valence-corrected chi connectivity index (χ3v) is 3.03. The average molecular weight is 208 g/mol. The van der Waals surface area contributed by atoms with E-state index in [1.165, 1.54) is 11.8 Å². The summed E-state index contributed by atoms with van der Waals surface area (Å²) < 4.78 is 0.802. The number of H-pyrrole nitrogens is 1. The van der Waals surface area contributed by atoms with Gasteiger partial charge in [-0.05, 0) is 18.4 Å². The summed E-state index contributed by atoms with van der Waals surface area (Å²) in [6.07, 6.45) is 1.95. The summed E-state index contributed by atoms with van der Waals surface area (Å²) >= 11 is 6.66. The van der Waals surface area contributed by atoms with Crippen LogP contribution >= 0.6 is 24.0 Å². The first kappa shape index (κ1) is 8.72. The normalized spacial score (nSPS) is 10.5. The molecule has 1 aromatic carbocycles. The fourth-order valence-electron chi connectivity index (χ4n) is 1.15. The Kier molecular flexibility index (Phi) is 2.33. The highest BCUT2D eigenvalue weighted by Gasteiger charge is 2.05. The molecule has 0 saturated heterocycles. The molecule has 0 spiro atoms. The first-order chi connectivity index (χ1) is 6.31. The van der Waals surface area contributed by atoms with E-state index < -0.39 is 0 Å². The predicted molar refractivity (Wildman–Crippen MR) is 61.3 cm³/mol. The van der Waals surface area contributed by atoms with E-state index in [0.29, 0.717) is 0 Å². The van der Waals surface area contributed by atoms with Crippen LogP contribution in [0.4, 0.5) is 0 Å². The summed E-state index contributed by atoms with van der Waals surface area (Å²) in [4.78, 5) is 7.54. The number of thioether (sulfide) groups is 1. The molecule has 13 heavy (non-hydrogen) atoms. The van der Waals surface area contributed by atoms with Gasteiger partial charge in [-0.1, -0.05) is 24.4 Å². The van der Waals surface area contributed by atoms with Gasteiger partial charge in [-0.3, -0.25) is 0 Å². The van der Waals surface area contributed by atoms with Crippen LogP contribution in [0.3, 0.4) is 0 Å². The molecule has 0 atom stereocenters. The SMILES string of the molecule is CSC(=S)c1nc2ccccc2[nH]1. The van der Waals surface area contributed by atoms with Crippen molar-refractivity contribution >= 4 is 39.2 Å². The van der Waals surface area contributed by atoms with Crippen molar-refractivity contribution in [3.8, 4) is 0 Å². The number of benzene rings is 1. The van der Waals surface area contributed by atoms with Crippen molar-refractivity contribution in [2.75, 3.05) is 6.26 Å². The van der Waals surface area contributed by atoms with Gasteiger partial charge in [0.15, 0.2) is 5.82 Å². The number of nitrogens with one attached hydrogen (secondary N) is 1. The lowest BCUT2D eigenvalue weighted by molar-refractivity contribution is 1.31. The molecule has 2 rings (SSSR count). The number of imidazole rings is 1. The molecule has 0 saturated carbocycles. The highest BCUT2D eigenvalue weighted by molar-refractivity contribution is 8.23. The molecule has 0 aliphatic carbocycles. The molecule has 1 aromatic heterocycles. The van der Waals surface area contributed by atoms with E-state index in [1.807, 2.05) is 30.5 Å². The zero-order valence-corrected chi connectivity index (χ0v) is 8.71. The van der Waals surface area contributed by atoms with Crippen LogP contribution in [-0.2, 0) is 0 Å². The molecule has 0 amide bonds. The summed E-state index contributed by atoms with van der Waals surface area (Å²) in [5, 5.41) is 0. The molecular weight excluding hydrogens is 200 g/mol. The van der Waals surface area contributed by atoms with Crippen molar-refractivity contribution in [2.24, 2.45) is 0 Å². The molecule has 0 unspecified atom stereocenters. The standard InChI is InChI=1S/C9H8N2S2/c1-13-9(12)8-10-6-4-2-3-5-7(6)11-8/h2-5H,1H3,(H,10,11). The smallest absolute Gasteiger partial charge is 0.155 e. The van der Waals surface area contributed by atoms with Crippen LogP contribution in [0.15, 0.2) is 24.3 Å². The lowest BCUT2D eigenvalue weighted by atomic mass is 10.3. The Bertz CT molecular complexity index is 415. The van der Waals surface area contributed by atoms with Crippen LogP contribution in [0, 0.1) is 0 Å². The van der Waals surface area contributed by atoms with Crippen LogP contribution in [0.2, 0.25) is 0 Å². The van der Waals surface area contributed by atoms with Crippen molar-refractivity contribution in [2.45, 2.75) is 0 Å². The monoisotopic (exact) mass is 208 g/mol. The third kappa shape index (κ3) is 1.59. The molecule has 66 valence electrons. The van der Waals surface area contributed by atoms with Gasteiger partial charge < -0.3 is 4.98 Å². The number of thiocarbonyl (C=S) groups is 1. The lowest BCUT2D eigenvalue weighted by Crippen LogP contribution is -1.92. The van der Waals surface area contributed by atoms with Crippen LogP contribution in [-0.4, -0.2) is 20.4 Å². The molecule has 0 bridgehead atoms. The Morgan fingerprint density at radius 2 is 2.23 bits per heavy atom. The Morgan fingerprint density at radius 1 is 1.46 bits per heavy atom. The van der Waals surface area contributed by atoms with E-state index in [9.17, 15) is 0 Å². The number of para-hydroxylation sites is 2. The molecule has 2 nitrogen and oxygen atoms in total. The minimum absolute atomic E-state index is 0.795. The Balaban J connectivity index is 2.56. The van der Waals surface area contributed by atoms with Crippen LogP contribution < -0.4 is 0 Å². The summed E-state index contributed by atoms with van der Waals surface area (Å²) in [6.45, 7) is 0. The highest BCUT2D eigenvalue weighted by Crippen LogP contribution is 2.14. The van der Waals surface area contributed by atoms with E-state index in [4.69, 9.17) is 12.2 Å². The number of fused-ring (bicyclic) bond motifs is 1. The predicted octanol–water partition coefficient (Wildman–Crippen LogP) is 2.60. The minimum atomic E-state index is 0.795. The van der Waals surface area contributed by atoms with Crippen molar-refractivity contribution in [3.63, 3.8) is 0 Å². The number of rotatable bonds is 1. The van der Waals surface area contributed by atoms with Crippen molar-refractivity contribution in [1.29, 1.82) is 0 Å². The van der Waals surface area contributed by atoms with Gasteiger partial charge in [-0.25, -0.2) is 4.98 Å². The van der Waals surface area contributed by atoms with Crippen molar-refractivity contribution in [3.05, 3.63) is 30.1 Å². The summed E-state index contributed by atoms with van der Waals surface area (Å²) in [6, 6.07) is 7.91. The van der Waals surface area contributed by atoms with Gasteiger partial charge >= 0.3 is 0 Å². The quantitative estimate of drug-likeness (QED) is 0.730. The van der Waals surface area contributed by atoms with Crippen molar-refractivity contribution < 1.29 is 0 Å². The molecule has 0 aliphatic rings. The molecule has 1 heterocycles. The van der Waals surface area contributed by atoms with Gasteiger partial charge in [0, 0.05) is 0 Å². The van der Waals surface area contributed by atoms with E-state index in [2.05, 4.69) is 9.97 Å². The average Bonchev–Trinajstić information content (AvgIpc) is 2.59. The summed E-state index contributed by atoms with van der Waals surface area (Å²) in [5.74, 6) is 0.795.